The van der Waals surface area contributed by atoms with Gasteiger partial charge < -0.3 is 9.80 Å². The van der Waals surface area contributed by atoms with E-state index >= 15 is 0 Å². The third kappa shape index (κ3) is 4.10. The second-order valence-electron chi connectivity index (χ2n) is 5.71. The van der Waals surface area contributed by atoms with Crippen LogP contribution in [0.25, 0.3) is 5.57 Å². The Kier molecular flexibility index (Phi) is 5.01. The molecule has 0 atom stereocenters. The van der Waals surface area contributed by atoms with Crippen molar-refractivity contribution in [1.29, 1.82) is 0 Å². The Morgan fingerprint density at radius 3 is 1.43 bits per heavy atom. The summed E-state index contributed by atoms with van der Waals surface area (Å²) in [4.78, 5) is 14.6. The average molecular weight is 311 g/mol. The molecule has 0 N–H and O–H groups in total. The Morgan fingerprint density at radius 2 is 1.17 bits per heavy atom. The molecule has 0 fully saturated rings. The highest BCUT2D eigenvalue weighted by molar-refractivity contribution is 5.80. The summed E-state index contributed by atoms with van der Waals surface area (Å²) in [6.07, 6.45) is 1.06. The molecule has 0 aliphatic carbocycles. The molecule has 0 amide bonds. The highest BCUT2D eigenvalue weighted by Gasteiger charge is 2.10. The minimum atomic E-state index is -0.408. The third-order valence-corrected chi connectivity index (χ3v) is 3.62. The fraction of sp³-hybridized carbons (Fsp3) is 0.222. The predicted molar refractivity (Wildman–Crippen MR) is 95.6 cm³/mol. The normalized spacial score (nSPS) is 10.1. The van der Waals surface area contributed by atoms with Gasteiger partial charge in [-0.3, -0.25) is 10.1 Å². The van der Waals surface area contributed by atoms with E-state index in [1.165, 1.54) is 0 Å². The molecular weight excluding hydrogens is 290 g/mol. The van der Waals surface area contributed by atoms with Crippen molar-refractivity contribution < 1.29 is 4.92 Å². The minimum Gasteiger partial charge on any atom is -0.378 e. The maximum absolute atomic E-state index is 11.0. The van der Waals surface area contributed by atoms with Crippen LogP contribution in [0.15, 0.2) is 54.7 Å². The summed E-state index contributed by atoms with van der Waals surface area (Å²) in [5.74, 6) is 0. The maximum atomic E-state index is 11.0. The number of nitrogens with zero attached hydrogens (tertiary/aromatic N) is 3. The monoisotopic (exact) mass is 311 g/mol. The summed E-state index contributed by atoms with van der Waals surface area (Å²) >= 11 is 0. The van der Waals surface area contributed by atoms with Gasteiger partial charge in [-0.25, -0.2) is 0 Å². The maximum Gasteiger partial charge on any atom is 0.242 e. The molecule has 2 aromatic carbocycles. The Hall–Kier alpha value is -2.82. The summed E-state index contributed by atoms with van der Waals surface area (Å²) in [5, 5.41) is 11.0. The molecule has 0 heterocycles. The van der Waals surface area contributed by atoms with Crippen molar-refractivity contribution in [2.24, 2.45) is 0 Å². The smallest absolute Gasteiger partial charge is 0.242 e. The van der Waals surface area contributed by atoms with Crippen molar-refractivity contribution in [3.05, 3.63) is 76.0 Å². The van der Waals surface area contributed by atoms with E-state index in [0.29, 0.717) is 5.57 Å². The Bertz CT molecular complexity index is 649. The molecule has 5 heteroatoms. The number of hydrogen-bond acceptors (Lipinski definition) is 4. The van der Waals surface area contributed by atoms with E-state index in [1.54, 1.807) is 0 Å². The van der Waals surface area contributed by atoms with Crippen LogP contribution in [-0.2, 0) is 0 Å². The lowest BCUT2D eigenvalue weighted by atomic mass is 9.98. The van der Waals surface area contributed by atoms with Gasteiger partial charge in [0.15, 0.2) is 0 Å². The highest BCUT2D eigenvalue weighted by atomic mass is 16.6. The Balaban J connectivity index is 2.43. The van der Waals surface area contributed by atoms with Gasteiger partial charge in [0.05, 0.1) is 10.5 Å². The van der Waals surface area contributed by atoms with E-state index in [9.17, 15) is 10.1 Å². The predicted octanol–water partition coefficient (Wildman–Crippen LogP) is 3.48. The van der Waals surface area contributed by atoms with Gasteiger partial charge in [0, 0.05) is 39.6 Å². The van der Waals surface area contributed by atoms with Gasteiger partial charge in [-0.05, 0) is 35.4 Å². The van der Waals surface area contributed by atoms with E-state index in [1.807, 2.05) is 86.5 Å². The lowest BCUT2D eigenvalue weighted by Crippen LogP contribution is -2.08. The first kappa shape index (κ1) is 16.5. The van der Waals surface area contributed by atoms with Crippen LogP contribution in [0.2, 0.25) is 0 Å². The molecular formula is C18H21N3O2. The number of hydrogen-bond donors (Lipinski definition) is 0. The van der Waals surface area contributed by atoms with Crippen LogP contribution < -0.4 is 9.80 Å². The zero-order valence-corrected chi connectivity index (χ0v) is 13.9. The van der Waals surface area contributed by atoms with Gasteiger partial charge in [-0.2, -0.15) is 0 Å². The molecule has 0 spiro atoms. The van der Waals surface area contributed by atoms with Crippen molar-refractivity contribution >= 4 is 16.9 Å². The standard InChI is InChI=1S/C18H21N3O2/c1-19(2)16-9-5-14(6-10-16)18(13-21(22)23)15-7-11-17(12-8-15)20(3)4/h5-13H,1-4H3. The minimum absolute atomic E-state index is 0.408. The molecule has 0 saturated heterocycles. The van der Waals surface area contributed by atoms with E-state index in [-0.39, 0.29) is 0 Å². The van der Waals surface area contributed by atoms with Crippen molar-refractivity contribution in [1.82, 2.24) is 0 Å². The first-order chi connectivity index (χ1) is 10.9. The van der Waals surface area contributed by atoms with Gasteiger partial charge in [-0.15, -0.1) is 0 Å². The first-order valence-electron chi connectivity index (χ1n) is 7.29. The third-order valence-electron chi connectivity index (χ3n) is 3.62. The Labute approximate surface area is 136 Å². The second kappa shape index (κ2) is 6.96. The molecule has 120 valence electrons. The van der Waals surface area contributed by atoms with Crippen molar-refractivity contribution in [3.8, 4) is 0 Å². The van der Waals surface area contributed by atoms with Crippen LogP contribution in [0, 0.1) is 10.1 Å². The molecule has 0 aliphatic rings. The zero-order chi connectivity index (χ0) is 17.0. The molecule has 23 heavy (non-hydrogen) atoms. The van der Waals surface area contributed by atoms with Crippen LogP contribution in [-0.4, -0.2) is 33.1 Å². The van der Waals surface area contributed by atoms with Crippen LogP contribution in [0.1, 0.15) is 11.1 Å². The van der Waals surface area contributed by atoms with Crippen molar-refractivity contribution in [2.75, 3.05) is 38.0 Å². The average Bonchev–Trinajstić information content (AvgIpc) is 2.52. The topological polar surface area (TPSA) is 49.6 Å². The van der Waals surface area contributed by atoms with Crippen molar-refractivity contribution in [2.45, 2.75) is 0 Å². The van der Waals surface area contributed by atoms with Crippen molar-refractivity contribution in [3.63, 3.8) is 0 Å². The first-order valence-corrected chi connectivity index (χ1v) is 7.29. The zero-order valence-electron chi connectivity index (χ0n) is 13.9. The van der Waals surface area contributed by atoms with E-state index in [0.717, 1.165) is 28.7 Å². The van der Waals surface area contributed by atoms with Gasteiger partial charge in [0.25, 0.3) is 0 Å². The number of benzene rings is 2. The molecule has 2 rings (SSSR count). The molecule has 0 radical (unpaired) electrons. The molecule has 5 nitrogen and oxygen atoms in total. The largest absolute Gasteiger partial charge is 0.378 e. The van der Waals surface area contributed by atoms with Crippen LogP contribution in [0.5, 0.6) is 0 Å². The number of nitro groups is 1. The summed E-state index contributed by atoms with van der Waals surface area (Å²) in [5.41, 5.74) is 4.36. The summed E-state index contributed by atoms with van der Waals surface area (Å²) in [6.45, 7) is 0. The van der Waals surface area contributed by atoms with Crippen LogP contribution in [0.3, 0.4) is 0 Å². The van der Waals surface area contributed by atoms with E-state index < -0.39 is 4.92 Å². The quantitative estimate of drug-likeness (QED) is 0.626. The summed E-state index contributed by atoms with van der Waals surface area (Å²) in [7, 11) is 7.84. The van der Waals surface area contributed by atoms with Crippen LogP contribution in [0.4, 0.5) is 11.4 Å². The molecule has 0 unspecified atom stereocenters. The van der Waals surface area contributed by atoms with Crippen LogP contribution >= 0.6 is 0 Å². The molecule has 0 saturated carbocycles. The van der Waals surface area contributed by atoms with Gasteiger partial charge in [0.1, 0.15) is 0 Å². The summed E-state index contributed by atoms with van der Waals surface area (Å²) in [6, 6.07) is 15.5. The molecule has 0 bridgehead atoms. The number of anilines is 2. The molecule has 0 aromatic heterocycles. The number of rotatable bonds is 5. The Morgan fingerprint density at radius 1 is 0.826 bits per heavy atom. The lowest BCUT2D eigenvalue weighted by molar-refractivity contribution is -0.401. The van der Waals surface area contributed by atoms with E-state index in [2.05, 4.69) is 0 Å². The summed E-state index contributed by atoms with van der Waals surface area (Å²) < 4.78 is 0. The van der Waals surface area contributed by atoms with Gasteiger partial charge in [-0.1, -0.05) is 24.3 Å². The van der Waals surface area contributed by atoms with Gasteiger partial charge in [0.2, 0.25) is 6.20 Å². The second-order valence-corrected chi connectivity index (χ2v) is 5.71. The van der Waals surface area contributed by atoms with Gasteiger partial charge >= 0.3 is 0 Å². The molecule has 2 aromatic rings. The fourth-order valence-electron chi connectivity index (χ4n) is 2.30. The fourth-order valence-corrected chi connectivity index (χ4v) is 2.30. The SMILES string of the molecule is CN(C)c1ccc(C(=C[N+](=O)[O-])c2ccc(N(C)C)cc2)cc1. The highest BCUT2D eigenvalue weighted by Crippen LogP contribution is 2.27. The molecule has 0 aliphatic heterocycles. The van der Waals surface area contributed by atoms with E-state index in [4.69, 9.17) is 0 Å². The lowest BCUT2D eigenvalue weighted by Gasteiger charge is -2.15.